The zero-order valence-electron chi connectivity index (χ0n) is 7.90. The van der Waals surface area contributed by atoms with Crippen LogP contribution in [-0.2, 0) is 0 Å². The summed E-state index contributed by atoms with van der Waals surface area (Å²) in [6.07, 6.45) is 3.71. The molecule has 2 heterocycles. The van der Waals surface area contributed by atoms with Crippen LogP contribution in [0.5, 0.6) is 0 Å². The van der Waals surface area contributed by atoms with Gasteiger partial charge in [-0.1, -0.05) is 0 Å². The van der Waals surface area contributed by atoms with Crippen molar-refractivity contribution in [3.8, 4) is 0 Å². The number of nitrogens with one attached hydrogen (secondary N) is 1. The molecule has 0 amide bonds. The number of aromatic nitrogens is 3. The molecule has 0 saturated heterocycles. The summed E-state index contributed by atoms with van der Waals surface area (Å²) in [6.45, 7) is 0. The van der Waals surface area contributed by atoms with Crippen LogP contribution in [0.25, 0.3) is 11.0 Å². The molecule has 1 saturated carbocycles. The second-order valence-corrected chi connectivity index (χ2v) is 3.81. The molecule has 1 aliphatic rings. The van der Waals surface area contributed by atoms with Gasteiger partial charge in [-0.05, 0) is 18.9 Å². The van der Waals surface area contributed by atoms with Gasteiger partial charge in [0.15, 0.2) is 0 Å². The number of hydrogen-bond acceptors (Lipinski definition) is 3. The van der Waals surface area contributed by atoms with Crippen LogP contribution < -0.4 is 0 Å². The number of carboxylic acids is 1. The molecular weight excluding hydrogens is 194 g/mol. The van der Waals surface area contributed by atoms with Crippen LogP contribution >= 0.6 is 0 Å². The number of pyridine rings is 1. The summed E-state index contributed by atoms with van der Waals surface area (Å²) < 4.78 is 0. The Kier molecular flexibility index (Phi) is 1.56. The molecule has 5 heteroatoms. The van der Waals surface area contributed by atoms with Crippen molar-refractivity contribution in [2.75, 3.05) is 0 Å². The molecule has 0 unspecified atom stereocenters. The molecule has 0 aromatic carbocycles. The van der Waals surface area contributed by atoms with Gasteiger partial charge in [0.25, 0.3) is 0 Å². The SMILES string of the molecule is O=C(O)c1cnc2c(C3CC3)[nH]nc2c1. The van der Waals surface area contributed by atoms with Gasteiger partial charge in [-0.2, -0.15) is 5.10 Å². The lowest BCUT2D eigenvalue weighted by Gasteiger charge is -1.94. The maximum absolute atomic E-state index is 10.7. The summed E-state index contributed by atoms with van der Waals surface area (Å²) in [5, 5.41) is 15.8. The lowest BCUT2D eigenvalue weighted by Crippen LogP contribution is -1.96. The highest BCUT2D eigenvalue weighted by Gasteiger charge is 2.28. The number of aromatic carboxylic acids is 1. The summed E-state index contributed by atoms with van der Waals surface area (Å²) in [5.74, 6) is -0.432. The van der Waals surface area contributed by atoms with Gasteiger partial charge < -0.3 is 5.11 Å². The van der Waals surface area contributed by atoms with Gasteiger partial charge in [-0.3, -0.25) is 10.1 Å². The zero-order chi connectivity index (χ0) is 10.4. The number of H-pyrrole nitrogens is 1. The second-order valence-electron chi connectivity index (χ2n) is 3.81. The van der Waals surface area contributed by atoms with Crippen LogP contribution in [-0.4, -0.2) is 26.3 Å². The van der Waals surface area contributed by atoms with E-state index in [0.717, 1.165) is 11.2 Å². The number of carbonyl (C=O) groups is 1. The van der Waals surface area contributed by atoms with Crippen LogP contribution in [0.4, 0.5) is 0 Å². The molecule has 2 N–H and O–H groups in total. The van der Waals surface area contributed by atoms with Crippen LogP contribution in [0.2, 0.25) is 0 Å². The van der Waals surface area contributed by atoms with Crippen molar-refractivity contribution in [2.45, 2.75) is 18.8 Å². The fraction of sp³-hybridized carbons (Fsp3) is 0.300. The Morgan fingerprint density at radius 1 is 1.53 bits per heavy atom. The summed E-state index contributed by atoms with van der Waals surface area (Å²) in [5.41, 5.74) is 2.66. The van der Waals surface area contributed by atoms with Gasteiger partial charge >= 0.3 is 5.97 Å². The Hall–Kier alpha value is -1.91. The minimum absolute atomic E-state index is 0.177. The average Bonchev–Trinajstić information content (AvgIpc) is 2.98. The van der Waals surface area contributed by atoms with E-state index in [2.05, 4.69) is 15.2 Å². The molecule has 1 aliphatic carbocycles. The lowest BCUT2D eigenvalue weighted by molar-refractivity contribution is 0.0696. The van der Waals surface area contributed by atoms with E-state index in [9.17, 15) is 4.79 Å². The van der Waals surface area contributed by atoms with Gasteiger partial charge in [-0.15, -0.1) is 0 Å². The fourth-order valence-electron chi connectivity index (χ4n) is 1.69. The number of carboxylic acid groups (broad SMARTS) is 1. The second kappa shape index (κ2) is 2.79. The van der Waals surface area contributed by atoms with Gasteiger partial charge in [0.1, 0.15) is 11.0 Å². The minimum Gasteiger partial charge on any atom is -0.478 e. The molecule has 0 aliphatic heterocycles. The van der Waals surface area contributed by atoms with E-state index in [1.54, 1.807) is 6.07 Å². The van der Waals surface area contributed by atoms with Gasteiger partial charge in [0.05, 0.1) is 11.3 Å². The van der Waals surface area contributed by atoms with E-state index in [-0.39, 0.29) is 5.56 Å². The highest BCUT2D eigenvalue weighted by atomic mass is 16.4. The third-order valence-electron chi connectivity index (χ3n) is 2.65. The third-order valence-corrected chi connectivity index (χ3v) is 2.65. The number of nitrogens with zero attached hydrogens (tertiary/aromatic N) is 2. The molecule has 3 rings (SSSR count). The quantitative estimate of drug-likeness (QED) is 0.775. The Bertz CT molecular complexity index is 543. The summed E-state index contributed by atoms with van der Waals surface area (Å²) in [4.78, 5) is 14.9. The molecule has 0 spiro atoms. The highest BCUT2D eigenvalue weighted by Crippen LogP contribution is 2.41. The molecule has 76 valence electrons. The first-order valence-corrected chi connectivity index (χ1v) is 4.83. The first-order chi connectivity index (χ1) is 7.25. The first-order valence-electron chi connectivity index (χ1n) is 4.83. The number of aromatic amines is 1. The Morgan fingerprint density at radius 2 is 2.33 bits per heavy atom. The maximum atomic E-state index is 10.7. The zero-order valence-corrected chi connectivity index (χ0v) is 7.90. The Balaban J connectivity index is 2.17. The van der Waals surface area contributed by atoms with Crippen LogP contribution in [0, 0.1) is 0 Å². The van der Waals surface area contributed by atoms with Crippen LogP contribution in [0.15, 0.2) is 12.3 Å². The van der Waals surface area contributed by atoms with Crippen molar-refractivity contribution < 1.29 is 9.90 Å². The monoisotopic (exact) mass is 203 g/mol. The predicted octanol–water partition coefficient (Wildman–Crippen LogP) is 1.53. The Labute approximate surface area is 85.1 Å². The first kappa shape index (κ1) is 8.40. The summed E-state index contributed by atoms with van der Waals surface area (Å²) in [7, 11) is 0. The van der Waals surface area contributed by atoms with Crippen molar-refractivity contribution in [2.24, 2.45) is 0 Å². The number of rotatable bonds is 2. The minimum atomic E-state index is -0.972. The van der Waals surface area contributed by atoms with Crippen LogP contribution in [0.1, 0.15) is 34.8 Å². The van der Waals surface area contributed by atoms with Gasteiger partial charge in [0.2, 0.25) is 0 Å². The molecule has 0 radical (unpaired) electrons. The number of fused-ring (bicyclic) bond motifs is 1. The number of hydrogen-bond donors (Lipinski definition) is 2. The third kappa shape index (κ3) is 1.27. The van der Waals surface area contributed by atoms with E-state index >= 15 is 0 Å². The van der Waals surface area contributed by atoms with E-state index in [0.29, 0.717) is 11.4 Å². The van der Waals surface area contributed by atoms with E-state index in [1.165, 1.54) is 19.0 Å². The molecule has 5 nitrogen and oxygen atoms in total. The smallest absolute Gasteiger partial charge is 0.337 e. The Morgan fingerprint density at radius 3 is 3.00 bits per heavy atom. The van der Waals surface area contributed by atoms with Crippen molar-refractivity contribution in [3.63, 3.8) is 0 Å². The normalized spacial score (nSPS) is 15.7. The topological polar surface area (TPSA) is 78.9 Å². The maximum Gasteiger partial charge on any atom is 0.337 e. The van der Waals surface area contributed by atoms with Crippen LogP contribution in [0.3, 0.4) is 0 Å². The summed E-state index contributed by atoms with van der Waals surface area (Å²) >= 11 is 0. The predicted molar refractivity (Wildman–Crippen MR) is 52.8 cm³/mol. The average molecular weight is 203 g/mol. The highest BCUT2D eigenvalue weighted by molar-refractivity contribution is 5.91. The van der Waals surface area contributed by atoms with E-state index < -0.39 is 5.97 Å². The molecule has 0 atom stereocenters. The van der Waals surface area contributed by atoms with E-state index in [4.69, 9.17) is 5.11 Å². The lowest BCUT2D eigenvalue weighted by atomic mass is 10.2. The molecule has 0 bridgehead atoms. The summed E-state index contributed by atoms with van der Waals surface area (Å²) in [6, 6.07) is 1.55. The van der Waals surface area contributed by atoms with E-state index in [1.807, 2.05) is 0 Å². The largest absolute Gasteiger partial charge is 0.478 e. The molecule has 15 heavy (non-hydrogen) atoms. The van der Waals surface area contributed by atoms with Crippen molar-refractivity contribution in [1.82, 2.24) is 15.2 Å². The fourth-order valence-corrected chi connectivity index (χ4v) is 1.69. The van der Waals surface area contributed by atoms with Crippen molar-refractivity contribution in [1.29, 1.82) is 0 Å². The van der Waals surface area contributed by atoms with Crippen molar-refractivity contribution in [3.05, 3.63) is 23.5 Å². The molecule has 2 aromatic rings. The molecule has 1 fully saturated rings. The van der Waals surface area contributed by atoms with Gasteiger partial charge in [0, 0.05) is 12.1 Å². The van der Waals surface area contributed by atoms with Gasteiger partial charge in [-0.25, -0.2) is 4.79 Å². The molecule has 2 aromatic heterocycles. The van der Waals surface area contributed by atoms with Crippen molar-refractivity contribution >= 4 is 17.0 Å². The standard InChI is InChI=1S/C10H9N3O2/c14-10(15)6-3-7-9(11-4-6)8(13-12-7)5-1-2-5/h3-5H,1-2H2,(H,12,13)(H,14,15). The molecular formula is C10H9N3O2.